The van der Waals surface area contributed by atoms with E-state index in [4.69, 9.17) is 0 Å². The number of nitrogens with zero attached hydrogens (tertiary/aromatic N) is 1. The first-order chi connectivity index (χ1) is 14.9. The molecule has 0 aliphatic heterocycles. The van der Waals surface area contributed by atoms with Gasteiger partial charge in [-0.05, 0) is 62.5 Å². The number of rotatable bonds is 2. The lowest BCUT2D eigenvalue weighted by atomic mass is 9.93. The first-order valence-electron chi connectivity index (χ1n) is 10.2. The van der Waals surface area contributed by atoms with Gasteiger partial charge in [-0.15, -0.1) is 0 Å². The average Bonchev–Trinajstić information content (AvgIpc) is 2.83. The summed E-state index contributed by atoms with van der Waals surface area (Å²) >= 11 is 0. The Morgan fingerprint density at radius 1 is 0.433 bits per heavy atom. The van der Waals surface area contributed by atoms with E-state index in [1.54, 1.807) is 0 Å². The first kappa shape index (κ1) is 16.9. The van der Waals surface area contributed by atoms with Crippen LogP contribution in [0.3, 0.4) is 0 Å². The van der Waals surface area contributed by atoms with E-state index in [1.807, 2.05) is 12.3 Å². The predicted molar refractivity (Wildman–Crippen MR) is 128 cm³/mol. The maximum atomic E-state index is 4.68. The van der Waals surface area contributed by atoms with Crippen LogP contribution in [0.4, 0.5) is 0 Å². The van der Waals surface area contributed by atoms with Gasteiger partial charge in [0, 0.05) is 17.1 Å². The molecule has 0 spiro atoms. The minimum absolute atomic E-state index is 1.04. The van der Waals surface area contributed by atoms with Gasteiger partial charge in [0.25, 0.3) is 0 Å². The number of hydrogen-bond acceptors (Lipinski definition) is 1. The van der Waals surface area contributed by atoms with E-state index in [0.29, 0.717) is 0 Å². The Labute approximate surface area is 175 Å². The van der Waals surface area contributed by atoms with Crippen molar-refractivity contribution in [3.63, 3.8) is 0 Å². The minimum atomic E-state index is 1.04. The van der Waals surface area contributed by atoms with Crippen molar-refractivity contribution in [2.75, 3.05) is 0 Å². The molecular formula is C29H19N. The Bertz CT molecular complexity index is 1530. The monoisotopic (exact) mass is 381 g/mol. The van der Waals surface area contributed by atoms with Gasteiger partial charge in [-0.3, -0.25) is 4.98 Å². The highest BCUT2D eigenvalue weighted by atomic mass is 14.6. The molecule has 140 valence electrons. The number of fused-ring (bicyclic) bond motifs is 4. The molecule has 0 bridgehead atoms. The van der Waals surface area contributed by atoms with Gasteiger partial charge in [0.1, 0.15) is 0 Å². The number of pyridine rings is 1. The van der Waals surface area contributed by atoms with Crippen LogP contribution in [-0.2, 0) is 0 Å². The lowest BCUT2D eigenvalue weighted by Crippen LogP contribution is -1.88. The molecule has 0 saturated carbocycles. The smallest absolute Gasteiger partial charge is 0.0780 e. The normalized spacial score (nSPS) is 11.3. The molecule has 6 rings (SSSR count). The van der Waals surface area contributed by atoms with Crippen molar-refractivity contribution >= 4 is 32.4 Å². The van der Waals surface area contributed by atoms with Gasteiger partial charge >= 0.3 is 0 Å². The summed E-state index contributed by atoms with van der Waals surface area (Å²) in [6.45, 7) is 0. The second kappa shape index (κ2) is 6.82. The Morgan fingerprint density at radius 2 is 1.17 bits per heavy atom. The van der Waals surface area contributed by atoms with Crippen LogP contribution in [0.25, 0.3) is 54.7 Å². The summed E-state index contributed by atoms with van der Waals surface area (Å²) in [6.07, 6.45) is 1.87. The summed E-state index contributed by atoms with van der Waals surface area (Å²) in [5, 5.41) is 6.30. The zero-order valence-electron chi connectivity index (χ0n) is 16.4. The van der Waals surface area contributed by atoms with E-state index in [2.05, 4.69) is 108 Å². The summed E-state index contributed by atoms with van der Waals surface area (Å²) in [6, 6.07) is 39.0. The maximum absolute atomic E-state index is 4.68. The number of aromatic nitrogens is 1. The van der Waals surface area contributed by atoms with Crippen molar-refractivity contribution in [3.8, 4) is 22.3 Å². The standard InChI is InChI=1S/C29H19N/c1-2-7-20(8-3-1)28-19-25(18-24-10-6-16-30-29(24)28)22-14-15-27-23(17-22)13-12-21-9-4-5-11-26(21)27/h1-19H. The molecule has 0 N–H and O–H groups in total. The summed E-state index contributed by atoms with van der Waals surface area (Å²) in [7, 11) is 0. The van der Waals surface area contributed by atoms with E-state index in [0.717, 1.165) is 10.9 Å². The Kier molecular flexibility index (Phi) is 3.85. The summed E-state index contributed by atoms with van der Waals surface area (Å²) in [5.41, 5.74) is 5.83. The minimum Gasteiger partial charge on any atom is -0.256 e. The van der Waals surface area contributed by atoms with E-state index < -0.39 is 0 Å². The first-order valence-corrected chi connectivity index (χ1v) is 10.2. The van der Waals surface area contributed by atoms with E-state index in [-0.39, 0.29) is 0 Å². The highest BCUT2D eigenvalue weighted by Crippen LogP contribution is 2.35. The molecule has 6 aromatic rings. The fourth-order valence-electron chi connectivity index (χ4n) is 4.39. The fraction of sp³-hybridized carbons (Fsp3) is 0. The van der Waals surface area contributed by atoms with Crippen molar-refractivity contribution < 1.29 is 0 Å². The second-order valence-corrected chi connectivity index (χ2v) is 7.69. The zero-order valence-corrected chi connectivity index (χ0v) is 16.4. The summed E-state index contributed by atoms with van der Waals surface area (Å²) < 4.78 is 0. The molecule has 0 amide bonds. The van der Waals surface area contributed by atoms with Crippen molar-refractivity contribution in [1.29, 1.82) is 0 Å². The quantitative estimate of drug-likeness (QED) is 0.278. The SMILES string of the molecule is c1ccc(-c2cc(-c3ccc4c(ccc5ccccc54)c3)cc3cccnc23)cc1. The van der Waals surface area contributed by atoms with E-state index >= 15 is 0 Å². The summed E-state index contributed by atoms with van der Waals surface area (Å²) in [4.78, 5) is 4.68. The van der Waals surface area contributed by atoms with Crippen LogP contribution in [0.2, 0.25) is 0 Å². The molecule has 5 aromatic carbocycles. The molecule has 0 unspecified atom stereocenters. The van der Waals surface area contributed by atoms with Gasteiger partial charge in [-0.25, -0.2) is 0 Å². The molecule has 1 heteroatoms. The van der Waals surface area contributed by atoms with Crippen molar-refractivity contribution in [3.05, 3.63) is 115 Å². The third-order valence-corrected chi connectivity index (χ3v) is 5.87. The molecule has 1 aromatic heterocycles. The van der Waals surface area contributed by atoms with Crippen LogP contribution in [-0.4, -0.2) is 4.98 Å². The molecule has 0 fully saturated rings. The lowest BCUT2D eigenvalue weighted by molar-refractivity contribution is 1.41. The lowest BCUT2D eigenvalue weighted by Gasteiger charge is -2.12. The molecule has 0 radical (unpaired) electrons. The Balaban J connectivity index is 1.59. The molecule has 30 heavy (non-hydrogen) atoms. The van der Waals surface area contributed by atoms with Crippen LogP contribution < -0.4 is 0 Å². The van der Waals surface area contributed by atoms with Gasteiger partial charge in [-0.1, -0.05) is 84.9 Å². The Hall–Kier alpha value is -3.97. The van der Waals surface area contributed by atoms with Crippen LogP contribution >= 0.6 is 0 Å². The molecule has 0 aliphatic rings. The molecule has 0 aliphatic carbocycles. The third-order valence-electron chi connectivity index (χ3n) is 5.87. The molecule has 1 heterocycles. The summed E-state index contributed by atoms with van der Waals surface area (Å²) in [5.74, 6) is 0. The molecule has 0 atom stereocenters. The number of hydrogen-bond donors (Lipinski definition) is 0. The van der Waals surface area contributed by atoms with Crippen LogP contribution in [0.1, 0.15) is 0 Å². The average molecular weight is 381 g/mol. The van der Waals surface area contributed by atoms with Crippen LogP contribution in [0.5, 0.6) is 0 Å². The topological polar surface area (TPSA) is 12.9 Å². The number of benzene rings is 5. The van der Waals surface area contributed by atoms with Crippen molar-refractivity contribution in [2.24, 2.45) is 0 Å². The molecular weight excluding hydrogens is 362 g/mol. The highest BCUT2D eigenvalue weighted by molar-refractivity contribution is 6.08. The third kappa shape index (κ3) is 2.75. The van der Waals surface area contributed by atoms with E-state index in [1.165, 1.54) is 43.8 Å². The van der Waals surface area contributed by atoms with Gasteiger partial charge in [0.05, 0.1) is 5.52 Å². The van der Waals surface area contributed by atoms with E-state index in [9.17, 15) is 0 Å². The van der Waals surface area contributed by atoms with Crippen molar-refractivity contribution in [1.82, 2.24) is 4.98 Å². The maximum Gasteiger partial charge on any atom is 0.0780 e. The van der Waals surface area contributed by atoms with Crippen molar-refractivity contribution in [2.45, 2.75) is 0 Å². The van der Waals surface area contributed by atoms with Crippen LogP contribution in [0, 0.1) is 0 Å². The Morgan fingerprint density at radius 3 is 2.10 bits per heavy atom. The second-order valence-electron chi connectivity index (χ2n) is 7.69. The zero-order chi connectivity index (χ0) is 19.9. The molecule has 1 nitrogen and oxygen atoms in total. The fourth-order valence-corrected chi connectivity index (χ4v) is 4.39. The highest BCUT2D eigenvalue weighted by Gasteiger charge is 2.10. The van der Waals surface area contributed by atoms with Gasteiger partial charge < -0.3 is 0 Å². The molecule has 0 saturated heterocycles. The van der Waals surface area contributed by atoms with Crippen LogP contribution in [0.15, 0.2) is 115 Å². The van der Waals surface area contributed by atoms with Gasteiger partial charge in [0.15, 0.2) is 0 Å². The predicted octanol–water partition coefficient (Wildman–Crippen LogP) is 7.88. The largest absolute Gasteiger partial charge is 0.256 e. The van der Waals surface area contributed by atoms with Gasteiger partial charge in [0.2, 0.25) is 0 Å². The van der Waals surface area contributed by atoms with Gasteiger partial charge in [-0.2, -0.15) is 0 Å².